The molecule has 1 N–H and O–H groups in total. The van der Waals surface area contributed by atoms with E-state index in [0.29, 0.717) is 6.61 Å². The topological polar surface area (TPSA) is 21.3 Å². The first-order valence-corrected chi connectivity index (χ1v) is 2.41. The van der Waals surface area contributed by atoms with Gasteiger partial charge in [0.05, 0.1) is 0 Å². The molecule has 1 rings (SSSR count). The number of halogens is 1. The van der Waals surface area contributed by atoms with E-state index >= 15 is 0 Å². The largest absolute Gasteiger partial charge is 0.361 e. The molecule has 0 aliphatic carbocycles. The van der Waals surface area contributed by atoms with Crippen molar-refractivity contribution in [1.29, 1.82) is 0 Å². The van der Waals surface area contributed by atoms with E-state index in [1.807, 2.05) is 0 Å². The van der Waals surface area contributed by atoms with Crippen LogP contribution < -0.4 is 5.54 Å². The zero-order valence-corrected chi connectivity index (χ0v) is 3.98. The quantitative estimate of drug-likeness (QED) is 0.493. The van der Waals surface area contributed by atoms with Crippen molar-refractivity contribution in [2.24, 2.45) is 0 Å². The van der Waals surface area contributed by atoms with E-state index in [1.54, 1.807) is 5.54 Å². The van der Waals surface area contributed by atoms with Gasteiger partial charge in [-0.2, -0.15) is 0 Å². The standard InChI is InChI=1S/C4H8FNO/c5-6-4-2-1-3-7-4/h4,6H,1-3H2. The van der Waals surface area contributed by atoms with Crippen molar-refractivity contribution in [3.63, 3.8) is 0 Å². The number of rotatable bonds is 1. The first kappa shape index (κ1) is 5.00. The van der Waals surface area contributed by atoms with Crippen molar-refractivity contribution >= 4 is 0 Å². The number of nitrogens with one attached hydrogen (secondary N) is 1. The van der Waals surface area contributed by atoms with Gasteiger partial charge in [0.25, 0.3) is 0 Å². The Balaban J connectivity index is 2.14. The molecule has 0 radical (unpaired) electrons. The maximum atomic E-state index is 11.3. The zero-order valence-electron chi connectivity index (χ0n) is 3.98. The van der Waals surface area contributed by atoms with Gasteiger partial charge in [-0.15, -0.1) is 10.0 Å². The van der Waals surface area contributed by atoms with E-state index < -0.39 is 0 Å². The molecule has 42 valence electrons. The number of ether oxygens (including phenoxy) is 1. The summed E-state index contributed by atoms with van der Waals surface area (Å²) in [7, 11) is 0. The Labute approximate surface area is 41.6 Å². The highest BCUT2D eigenvalue weighted by Gasteiger charge is 2.13. The van der Waals surface area contributed by atoms with Gasteiger partial charge >= 0.3 is 0 Å². The molecule has 1 atom stereocenters. The molecule has 1 heterocycles. The van der Waals surface area contributed by atoms with E-state index in [4.69, 9.17) is 4.74 Å². The first-order chi connectivity index (χ1) is 3.43. The Hall–Kier alpha value is -0.150. The molecule has 3 heteroatoms. The maximum Gasteiger partial charge on any atom is 0.135 e. The van der Waals surface area contributed by atoms with Crippen LogP contribution in [0.1, 0.15) is 12.8 Å². The fraction of sp³-hybridized carbons (Fsp3) is 1.00. The Kier molecular flexibility index (Phi) is 1.59. The molecule has 2 nitrogen and oxygen atoms in total. The summed E-state index contributed by atoms with van der Waals surface area (Å²) in [6.45, 7) is 0.696. The van der Waals surface area contributed by atoms with Crippen molar-refractivity contribution < 1.29 is 9.22 Å². The van der Waals surface area contributed by atoms with Crippen molar-refractivity contribution in [3.8, 4) is 0 Å². The summed E-state index contributed by atoms with van der Waals surface area (Å²) < 4.78 is 16.1. The average Bonchev–Trinajstić information content (AvgIpc) is 2.14. The predicted octanol–water partition coefficient (Wildman–Crippen LogP) is 0.597. The van der Waals surface area contributed by atoms with Gasteiger partial charge in [0.1, 0.15) is 6.23 Å². The molecule has 0 aromatic carbocycles. The summed E-state index contributed by atoms with van der Waals surface area (Å²) in [5.41, 5.74) is 1.54. The molecular weight excluding hydrogens is 97.0 g/mol. The molecule has 0 spiro atoms. The molecular formula is C4H8FNO. The fourth-order valence-corrected chi connectivity index (χ4v) is 0.664. The molecule has 1 unspecified atom stereocenters. The SMILES string of the molecule is FNC1CCCO1. The Morgan fingerprint density at radius 1 is 1.71 bits per heavy atom. The summed E-state index contributed by atoms with van der Waals surface area (Å²) in [4.78, 5) is 0. The summed E-state index contributed by atoms with van der Waals surface area (Å²) >= 11 is 0. The molecule has 0 amide bonds. The van der Waals surface area contributed by atoms with Gasteiger partial charge in [-0.1, -0.05) is 0 Å². The fourth-order valence-electron chi connectivity index (χ4n) is 0.664. The lowest BCUT2D eigenvalue weighted by atomic mass is 10.3. The molecule has 0 aromatic heterocycles. The number of hydrogen-bond donors (Lipinski definition) is 1. The third-order valence-electron chi connectivity index (χ3n) is 1.05. The highest BCUT2D eigenvalue weighted by Crippen LogP contribution is 2.07. The number of hydrogen-bond acceptors (Lipinski definition) is 2. The smallest absolute Gasteiger partial charge is 0.135 e. The summed E-state index contributed by atoms with van der Waals surface area (Å²) in [6, 6.07) is 0. The van der Waals surface area contributed by atoms with Crippen LogP contribution in [0.15, 0.2) is 0 Å². The van der Waals surface area contributed by atoms with Crippen LogP contribution in [0.2, 0.25) is 0 Å². The molecule has 1 saturated heterocycles. The van der Waals surface area contributed by atoms with E-state index in [-0.39, 0.29) is 6.23 Å². The van der Waals surface area contributed by atoms with Crippen LogP contribution in [-0.4, -0.2) is 12.8 Å². The van der Waals surface area contributed by atoms with Gasteiger partial charge in [-0.3, -0.25) is 0 Å². The van der Waals surface area contributed by atoms with E-state index in [2.05, 4.69) is 0 Å². The summed E-state index contributed by atoms with van der Waals surface area (Å²) in [5.74, 6) is 0. The van der Waals surface area contributed by atoms with Crippen molar-refractivity contribution in [2.45, 2.75) is 19.1 Å². The average molecular weight is 105 g/mol. The van der Waals surface area contributed by atoms with E-state index in [9.17, 15) is 4.48 Å². The van der Waals surface area contributed by atoms with Crippen molar-refractivity contribution in [1.82, 2.24) is 5.54 Å². The van der Waals surface area contributed by atoms with E-state index in [1.165, 1.54) is 0 Å². The Bertz CT molecular complexity index is 53.7. The van der Waals surface area contributed by atoms with E-state index in [0.717, 1.165) is 12.8 Å². The lowest BCUT2D eigenvalue weighted by Gasteiger charge is -2.00. The van der Waals surface area contributed by atoms with Crippen molar-refractivity contribution in [2.75, 3.05) is 6.61 Å². The van der Waals surface area contributed by atoms with Crippen LogP contribution in [0, 0.1) is 0 Å². The normalized spacial score (nSPS) is 31.3. The van der Waals surface area contributed by atoms with Gasteiger partial charge in [0.2, 0.25) is 0 Å². The molecule has 1 aliphatic rings. The van der Waals surface area contributed by atoms with Gasteiger partial charge in [0.15, 0.2) is 0 Å². The Morgan fingerprint density at radius 2 is 2.57 bits per heavy atom. The first-order valence-electron chi connectivity index (χ1n) is 2.41. The van der Waals surface area contributed by atoms with Crippen LogP contribution >= 0.6 is 0 Å². The molecule has 1 fully saturated rings. The molecule has 0 aromatic rings. The van der Waals surface area contributed by atoms with Crippen molar-refractivity contribution in [3.05, 3.63) is 0 Å². The van der Waals surface area contributed by atoms with Crippen LogP contribution in [0.4, 0.5) is 4.48 Å². The highest BCUT2D eigenvalue weighted by molar-refractivity contribution is 4.56. The predicted molar refractivity (Wildman–Crippen MR) is 23.2 cm³/mol. The third-order valence-corrected chi connectivity index (χ3v) is 1.05. The molecule has 1 aliphatic heterocycles. The van der Waals surface area contributed by atoms with Gasteiger partial charge in [-0.05, 0) is 12.8 Å². The maximum absolute atomic E-state index is 11.3. The highest BCUT2D eigenvalue weighted by atomic mass is 19.2. The molecule has 7 heavy (non-hydrogen) atoms. The molecule has 0 bridgehead atoms. The van der Waals surface area contributed by atoms with Crippen LogP contribution in [0.5, 0.6) is 0 Å². The van der Waals surface area contributed by atoms with Crippen LogP contribution in [0.25, 0.3) is 0 Å². The monoisotopic (exact) mass is 105 g/mol. The minimum absolute atomic E-state index is 0.319. The second-order valence-electron chi connectivity index (χ2n) is 1.61. The lowest BCUT2D eigenvalue weighted by molar-refractivity contribution is 0.0325. The van der Waals surface area contributed by atoms with Gasteiger partial charge < -0.3 is 4.74 Å². The summed E-state index contributed by atoms with van der Waals surface area (Å²) in [5, 5.41) is 0. The second-order valence-corrected chi connectivity index (χ2v) is 1.61. The minimum Gasteiger partial charge on any atom is -0.361 e. The Morgan fingerprint density at radius 3 is 2.86 bits per heavy atom. The zero-order chi connectivity index (χ0) is 5.11. The van der Waals surface area contributed by atoms with Gasteiger partial charge in [0, 0.05) is 6.61 Å². The minimum atomic E-state index is -0.319. The summed E-state index contributed by atoms with van der Waals surface area (Å²) in [6.07, 6.45) is 1.46. The second kappa shape index (κ2) is 2.23. The lowest BCUT2D eigenvalue weighted by Crippen LogP contribution is -2.18. The van der Waals surface area contributed by atoms with Crippen LogP contribution in [-0.2, 0) is 4.74 Å². The van der Waals surface area contributed by atoms with Crippen LogP contribution in [0.3, 0.4) is 0 Å². The third kappa shape index (κ3) is 1.11. The molecule has 0 saturated carbocycles. The van der Waals surface area contributed by atoms with Gasteiger partial charge in [-0.25, -0.2) is 0 Å².